The molecule has 120 valence electrons. The minimum atomic E-state index is -0.339. The molecule has 2 heterocycles. The molecule has 1 amide bonds. The van der Waals surface area contributed by atoms with Crippen LogP contribution in [0.4, 0.5) is 0 Å². The topological polar surface area (TPSA) is 83.0 Å². The SMILES string of the molecule is CC(=NNC(=O)c1cc(-c2ccc(C)cc2)n[nH]1)c1ccncc1. The van der Waals surface area contributed by atoms with Gasteiger partial charge in [-0.2, -0.15) is 10.2 Å². The van der Waals surface area contributed by atoms with E-state index in [0.29, 0.717) is 11.4 Å². The van der Waals surface area contributed by atoms with Gasteiger partial charge in [-0.3, -0.25) is 14.9 Å². The van der Waals surface area contributed by atoms with Gasteiger partial charge in [-0.1, -0.05) is 29.8 Å². The predicted octanol–water partition coefficient (Wildman–Crippen LogP) is 2.93. The number of hydrogen-bond donors (Lipinski definition) is 2. The van der Waals surface area contributed by atoms with Crippen molar-refractivity contribution in [3.8, 4) is 11.3 Å². The van der Waals surface area contributed by atoms with Gasteiger partial charge in [-0.15, -0.1) is 0 Å². The smallest absolute Gasteiger partial charge is 0.272 e. The molecule has 0 atom stereocenters. The highest BCUT2D eigenvalue weighted by molar-refractivity contribution is 6.00. The Labute approximate surface area is 139 Å². The molecule has 24 heavy (non-hydrogen) atoms. The number of aromatic nitrogens is 3. The third kappa shape index (κ3) is 3.55. The molecule has 0 radical (unpaired) electrons. The summed E-state index contributed by atoms with van der Waals surface area (Å²) < 4.78 is 0. The maximum atomic E-state index is 12.2. The van der Waals surface area contributed by atoms with Gasteiger partial charge in [0, 0.05) is 23.5 Å². The van der Waals surface area contributed by atoms with Crippen molar-refractivity contribution in [3.05, 3.63) is 71.7 Å². The van der Waals surface area contributed by atoms with E-state index in [4.69, 9.17) is 0 Å². The quantitative estimate of drug-likeness (QED) is 0.573. The molecular weight excluding hydrogens is 302 g/mol. The third-order valence-electron chi connectivity index (χ3n) is 3.59. The number of amides is 1. The highest BCUT2D eigenvalue weighted by Crippen LogP contribution is 2.18. The van der Waals surface area contributed by atoms with Crippen molar-refractivity contribution in [2.24, 2.45) is 5.10 Å². The van der Waals surface area contributed by atoms with Crippen molar-refractivity contribution < 1.29 is 4.79 Å². The number of nitrogens with one attached hydrogen (secondary N) is 2. The first-order valence-electron chi connectivity index (χ1n) is 7.51. The van der Waals surface area contributed by atoms with E-state index in [-0.39, 0.29) is 5.91 Å². The van der Waals surface area contributed by atoms with Crippen LogP contribution in [0.15, 0.2) is 60.0 Å². The van der Waals surface area contributed by atoms with E-state index < -0.39 is 0 Å². The molecule has 6 heteroatoms. The van der Waals surface area contributed by atoms with E-state index in [0.717, 1.165) is 16.8 Å². The Hall–Kier alpha value is -3.28. The summed E-state index contributed by atoms with van der Waals surface area (Å²) in [6.45, 7) is 3.84. The summed E-state index contributed by atoms with van der Waals surface area (Å²) in [6, 6.07) is 13.3. The lowest BCUT2D eigenvalue weighted by atomic mass is 10.1. The molecule has 0 aliphatic rings. The third-order valence-corrected chi connectivity index (χ3v) is 3.59. The number of pyridine rings is 1. The minimum Gasteiger partial charge on any atom is -0.272 e. The van der Waals surface area contributed by atoms with Gasteiger partial charge in [0.25, 0.3) is 5.91 Å². The van der Waals surface area contributed by atoms with Gasteiger partial charge in [-0.25, -0.2) is 5.43 Å². The van der Waals surface area contributed by atoms with E-state index in [1.165, 1.54) is 5.56 Å². The fraction of sp³-hybridized carbons (Fsp3) is 0.111. The second-order valence-corrected chi connectivity index (χ2v) is 5.41. The van der Waals surface area contributed by atoms with Gasteiger partial charge < -0.3 is 0 Å². The van der Waals surface area contributed by atoms with E-state index in [2.05, 4.69) is 25.7 Å². The zero-order chi connectivity index (χ0) is 16.9. The molecule has 1 aromatic carbocycles. The van der Waals surface area contributed by atoms with Gasteiger partial charge >= 0.3 is 0 Å². The number of aromatic amines is 1. The maximum absolute atomic E-state index is 12.2. The molecule has 0 spiro atoms. The van der Waals surface area contributed by atoms with E-state index in [1.807, 2.05) is 50.2 Å². The number of benzene rings is 1. The van der Waals surface area contributed by atoms with Crippen molar-refractivity contribution >= 4 is 11.6 Å². The highest BCUT2D eigenvalue weighted by Gasteiger charge is 2.10. The number of carbonyl (C=O) groups is 1. The monoisotopic (exact) mass is 319 g/mol. The zero-order valence-electron chi connectivity index (χ0n) is 13.4. The van der Waals surface area contributed by atoms with Crippen LogP contribution >= 0.6 is 0 Å². The van der Waals surface area contributed by atoms with Crippen LogP contribution in [-0.2, 0) is 0 Å². The Balaban J connectivity index is 1.71. The second kappa shape index (κ2) is 6.87. The number of hydrogen-bond acceptors (Lipinski definition) is 4. The van der Waals surface area contributed by atoms with Crippen molar-refractivity contribution in [2.75, 3.05) is 0 Å². The normalized spacial score (nSPS) is 11.3. The summed E-state index contributed by atoms with van der Waals surface area (Å²) in [5.41, 5.74) is 7.33. The van der Waals surface area contributed by atoms with E-state index in [9.17, 15) is 4.79 Å². The van der Waals surface area contributed by atoms with Gasteiger partial charge in [0.1, 0.15) is 5.69 Å². The maximum Gasteiger partial charge on any atom is 0.289 e. The first-order valence-corrected chi connectivity index (χ1v) is 7.51. The summed E-state index contributed by atoms with van der Waals surface area (Å²) in [6.07, 6.45) is 3.36. The van der Waals surface area contributed by atoms with Gasteiger partial charge in [0.05, 0.1) is 11.4 Å². The Morgan fingerprint density at radius 3 is 2.54 bits per heavy atom. The molecule has 3 rings (SSSR count). The Kier molecular flexibility index (Phi) is 4.47. The summed E-state index contributed by atoms with van der Waals surface area (Å²) in [4.78, 5) is 16.1. The summed E-state index contributed by atoms with van der Waals surface area (Å²) >= 11 is 0. The van der Waals surface area contributed by atoms with Crippen LogP contribution < -0.4 is 5.43 Å². The molecule has 0 aliphatic carbocycles. The van der Waals surface area contributed by atoms with Crippen LogP contribution in [0.1, 0.15) is 28.5 Å². The van der Waals surface area contributed by atoms with Crippen LogP contribution in [0, 0.1) is 6.92 Å². The molecule has 2 N–H and O–H groups in total. The van der Waals surface area contributed by atoms with E-state index >= 15 is 0 Å². The van der Waals surface area contributed by atoms with Crippen LogP contribution in [0.5, 0.6) is 0 Å². The number of nitrogens with zero attached hydrogens (tertiary/aromatic N) is 3. The molecule has 0 unspecified atom stereocenters. The number of aryl methyl sites for hydroxylation is 1. The van der Waals surface area contributed by atoms with Gasteiger partial charge in [0.15, 0.2) is 0 Å². The summed E-state index contributed by atoms with van der Waals surface area (Å²) in [7, 11) is 0. The lowest BCUT2D eigenvalue weighted by Gasteiger charge is -2.01. The molecule has 2 aromatic heterocycles. The number of hydrazone groups is 1. The van der Waals surface area contributed by atoms with Crippen molar-refractivity contribution in [1.82, 2.24) is 20.6 Å². The van der Waals surface area contributed by atoms with Crippen LogP contribution in [0.3, 0.4) is 0 Å². The number of rotatable bonds is 4. The van der Waals surface area contributed by atoms with E-state index in [1.54, 1.807) is 18.5 Å². The molecule has 0 fully saturated rings. The fourth-order valence-electron chi connectivity index (χ4n) is 2.16. The van der Waals surface area contributed by atoms with Crippen molar-refractivity contribution in [3.63, 3.8) is 0 Å². The Morgan fingerprint density at radius 2 is 1.83 bits per heavy atom. The lowest BCUT2D eigenvalue weighted by molar-refractivity contribution is 0.0950. The molecule has 3 aromatic rings. The second-order valence-electron chi connectivity index (χ2n) is 5.41. The fourth-order valence-corrected chi connectivity index (χ4v) is 2.16. The van der Waals surface area contributed by atoms with Crippen LogP contribution in [0.2, 0.25) is 0 Å². The van der Waals surface area contributed by atoms with Crippen LogP contribution in [-0.4, -0.2) is 26.8 Å². The molecule has 6 nitrogen and oxygen atoms in total. The average Bonchev–Trinajstić information content (AvgIpc) is 3.11. The number of carbonyl (C=O) groups excluding carboxylic acids is 1. The zero-order valence-corrected chi connectivity index (χ0v) is 13.4. The average molecular weight is 319 g/mol. The Morgan fingerprint density at radius 1 is 1.12 bits per heavy atom. The number of H-pyrrole nitrogens is 1. The molecule has 0 saturated heterocycles. The molecule has 0 aliphatic heterocycles. The van der Waals surface area contributed by atoms with Crippen molar-refractivity contribution in [2.45, 2.75) is 13.8 Å². The molecular formula is C18H17N5O. The summed E-state index contributed by atoms with van der Waals surface area (Å²) in [5.74, 6) is -0.339. The summed E-state index contributed by atoms with van der Waals surface area (Å²) in [5, 5.41) is 11.0. The first kappa shape index (κ1) is 15.6. The molecule has 0 saturated carbocycles. The van der Waals surface area contributed by atoms with Gasteiger partial charge in [-0.05, 0) is 32.0 Å². The van der Waals surface area contributed by atoms with Crippen LogP contribution in [0.25, 0.3) is 11.3 Å². The first-order chi connectivity index (χ1) is 11.6. The minimum absolute atomic E-state index is 0.339. The predicted molar refractivity (Wildman–Crippen MR) is 92.7 cm³/mol. The van der Waals surface area contributed by atoms with Crippen molar-refractivity contribution in [1.29, 1.82) is 0 Å². The Bertz CT molecular complexity index is 866. The molecule has 0 bridgehead atoms. The highest BCUT2D eigenvalue weighted by atomic mass is 16.2. The largest absolute Gasteiger partial charge is 0.289 e. The van der Waals surface area contributed by atoms with Gasteiger partial charge in [0.2, 0.25) is 0 Å². The lowest BCUT2D eigenvalue weighted by Crippen LogP contribution is -2.19. The standard InChI is InChI=1S/C18H17N5O/c1-12-3-5-15(6-4-12)16-11-17(22-21-16)18(24)23-20-13(2)14-7-9-19-10-8-14/h3-11H,1-2H3,(H,21,22)(H,23,24).